The SMILES string of the molecule is N#Cc1c(-c2ccc(O)cc2)nc2[nH]ncc2c1-c1ccc([N+](=O)[O-])cc1. The van der Waals surface area contributed by atoms with Crippen LogP contribution >= 0.6 is 0 Å². The number of phenolic OH excluding ortho intramolecular Hbond substituents is 1. The second-order valence-electron chi connectivity index (χ2n) is 5.81. The number of non-ortho nitro benzene ring substituents is 1. The van der Waals surface area contributed by atoms with E-state index in [0.717, 1.165) is 0 Å². The molecule has 0 aliphatic rings. The van der Waals surface area contributed by atoms with Crippen molar-refractivity contribution in [3.63, 3.8) is 0 Å². The van der Waals surface area contributed by atoms with E-state index in [1.807, 2.05) is 0 Å². The summed E-state index contributed by atoms with van der Waals surface area (Å²) in [6.07, 6.45) is 1.57. The second kappa shape index (κ2) is 6.24. The van der Waals surface area contributed by atoms with Gasteiger partial charge in [-0.3, -0.25) is 15.2 Å². The Morgan fingerprint density at radius 3 is 2.37 bits per heavy atom. The van der Waals surface area contributed by atoms with Crippen molar-refractivity contribution in [1.29, 1.82) is 5.26 Å². The molecule has 0 aliphatic heterocycles. The van der Waals surface area contributed by atoms with Crippen molar-refractivity contribution in [2.75, 3.05) is 0 Å². The Morgan fingerprint density at radius 2 is 1.74 bits per heavy atom. The summed E-state index contributed by atoms with van der Waals surface area (Å²) in [5.74, 6) is 0.107. The average Bonchev–Trinajstić information content (AvgIpc) is 3.15. The number of nitriles is 1. The lowest BCUT2D eigenvalue weighted by atomic mass is 9.94. The number of nitrogens with one attached hydrogen (secondary N) is 1. The largest absolute Gasteiger partial charge is 0.508 e. The zero-order valence-corrected chi connectivity index (χ0v) is 13.7. The van der Waals surface area contributed by atoms with Crippen LogP contribution in [0.1, 0.15) is 5.56 Å². The molecule has 4 aromatic rings. The summed E-state index contributed by atoms with van der Waals surface area (Å²) in [5, 5.41) is 37.7. The molecular formula is C19H11N5O3. The molecule has 0 amide bonds. The number of hydrogen-bond donors (Lipinski definition) is 2. The van der Waals surface area contributed by atoms with E-state index in [-0.39, 0.29) is 11.4 Å². The quantitative estimate of drug-likeness (QED) is 0.424. The molecule has 2 aromatic heterocycles. The smallest absolute Gasteiger partial charge is 0.269 e. The van der Waals surface area contributed by atoms with Gasteiger partial charge in [0.25, 0.3) is 5.69 Å². The fourth-order valence-electron chi connectivity index (χ4n) is 2.95. The first-order valence-corrected chi connectivity index (χ1v) is 7.90. The van der Waals surface area contributed by atoms with Crippen molar-refractivity contribution in [3.05, 3.63) is 70.4 Å². The van der Waals surface area contributed by atoms with E-state index in [0.29, 0.717) is 39.0 Å². The van der Waals surface area contributed by atoms with Gasteiger partial charge in [-0.25, -0.2) is 4.98 Å². The minimum atomic E-state index is -0.475. The van der Waals surface area contributed by atoms with Crippen LogP contribution in [0.15, 0.2) is 54.7 Å². The Morgan fingerprint density at radius 1 is 1.07 bits per heavy atom. The average molecular weight is 357 g/mol. The Labute approximate surface area is 152 Å². The number of phenols is 1. The molecule has 0 unspecified atom stereocenters. The van der Waals surface area contributed by atoms with Crippen molar-refractivity contribution in [2.45, 2.75) is 0 Å². The number of hydrogen-bond acceptors (Lipinski definition) is 6. The van der Waals surface area contributed by atoms with E-state index in [4.69, 9.17) is 0 Å². The molecular weight excluding hydrogens is 346 g/mol. The van der Waals surface area contributed by atoms with Gasteiger partial charge in [-0.15, -0.1) is 0 Å². The number of aromatic nitrogens is 3. The Hall–Kier alpha value is -4.25. The molecule has 0 atom stereocenters. The van der Waals surface area contributed by atoms with Crippen LogP contribution in [0.3, 0.4) is 0 Å². The van der Waals surface area contributed by atoms with Gasteiger partial charge in [0.1, 0.15) is 11.8 Å². The highest BCUT2D eigenvalue weighted by atomic mass is 16.6. The Balaban J connectivity index is 2.01. The lowest BCUT2D eigenvalue weighted by Crippen LogP contribution is -1.96. The third kappa shape index (κ3) is 2.73. The summed E-state index contributed by atoms with van der Waals surface area (Å²) in [6, 6.07) is 14.5. The van der Waals surface area contributed by atoms with Gasteiger partial charge in [-0.05, 0) is 42.0 Å². The highest BCUT2D eigenvalue weighted by Crippen LogP contribution is 2.36. The maximum atomic E-state index is 10.9. The molecule has 0 fully saturated rings. The molecule has 4 rings (SSSR count). The monoisotopic (exact) mass is 357 g/mol. The van der Waals surface area contributed by atoms with Crippen molar-refractivity contribution in [1.82, 2.24) is 15.2 Å². The standard InChI is InChI=1S/C19H11N5O3/c20-9-15-17(11-1-5-13(6-2-11)24(26)27)16-10-21-23-19(16)22-18(15)12-3-7-14(25)8-4-12/h1-8,10,25H,(H,21,22,23). The number of nitro groups is 1. The second-order valence-corrected chi connectivity index (χ2v) is 5.81. The minimum Gasteiger partial charge on any atom is -0.508 e. The molecule has 0 saturated heterocycles. The van der Waals surface area contributed by atoms with E-state index < -0.39 is 4.92 Å². The molecule has 130 valence electrons. The number of benzene rings is 2. The van der Waals surface area contributed by atoms with Crippen LogP contribution in [0.25, 0.3) is 33.4 Å². The number of fused-ring (bicyclic) bond motifs is 1. The fraction of sp³-hybridized carbons (Fsp3) is 0. The van der Waals surface area contributed by atoms with Crippen LogP contribution in [0, 0.1) is 21.4 Å². The van der Waals surface area contributed by atoms with Gasteiger partial charge in [-0.1, -0.05) is 0 Å². The van der Waals surface area contributed by atoms with Gasteiger partial charge >= 0.3 is 0 Å². The first kappa shape index (κ1) is 16.2. The zero-order chi connectivity index (χ0) is 19.0. The molecule has 0 radical (unpaired) electrons. The van der Waals surface area contributed by atoms with Gasteiger partial charge in [-0.2, -0.15) is 10.4 Å². The molecule has 2 aromatic carbocycles. The lowest BCUT2D eigenvalue weighted by Gasteiger charge is -2.11. The molecule has 0 saturated carbocycles. The molecule has 2 heterocycles. The van der Waals surface area contributed by atoms with Crippen LogP contribution < -0.4 is 0 Å². The van der Waals surface area contributed by atoms with Crippen LogP contribution in [0.4, 0.5) is 5.69 Å². The van der Waals surface area contributed by atoms with Crippen LogP contribution in [0.5, 0.6) is 5.75 Å². The minimum absolute atomic E-state index is 0.0338. The summed E-state index contributed by atoms with van der Waals surface area (Å²) in [4.78, 5) is 14.9. The topological polar surface area (TPSA) is 129 Å². The number of H-pyrrole nitrogens is 1. The molecule has 2 N–H and O–H groups in total. The van der Waals surface area contributed by atoms with Gasteiger partial charge < -0.3 is 5.11 Å². The molecule has 8 nitrogen and oxygen atoms in total. The number of aromatic hydroxyl groups is 1. The zero-order valence-electron chi connectivity index (χ0n) is 13.7. The molecule has 0 bridgehead atoms. The summed E-state index contributed by atoms with van der Waals surface area (Å²) >= 11 is 0. The Kier molecular flexibility index (Phi) is 3.75. The van der Waals surface area contributed by atoms with E-state index in [1.165, 1.54) is 24.3 Å². The first-order chi connectivity index (χ1) is 13.1. The van der Waals surface area contributed by atoms with Gasteiger partial charge in [0.2, 0.25) is 0 Å². The van der Waals surface area contributed by atoms with Crippen LogP contribution in [-0.4, -0.2) is 25.2 Å². The highest BCUT2D eigenvalue weighted by molar-refractivity contribution is 5.99. The van der Waals surface area contributed by atoms with Crippen molar-refractivity contribution < 1.29 is 10.0 Å². The number of nitrogens with zero attached hydrogens (tertiary/aromatic N) is 4. The lowest BCUT2D eigenvalue weighted by molar-refractivity contribution is -0.384. The molecule has 0 spiro atoms. The number of pyridine rings is 1. The van der Waals surface area contributed by atoms with E-state index >= 15 is 0 Å². The van der Waals surface area contributed by atoms with Crippen LogP contribution in [-0.2, 0) is 0 Å². The van der Waals surface area contributed by atoms with Gasteiger partial charge in [0, 0.05) is 28.6 Å². The third-order valence-corrected chi connectivity index (χ3v) is 4.22. The van der Waals surface area contributed by atoms with E-state index in [2.05, 4.69) is 21.3 Å². The number of aromatic amines is 1. The Bertz CT molecular complexity index is 1210. The van der Waals surface area contributed by atoms with Crippen LogP contribution in [0.2, 0.25) is 0 Å². The molecule has 8 heteroatoms. The summed E-state index contributed by atoms with van der Waals surface area (Å²) < 4.78 is 0. The first-order valence-electron chi connectivity index (χ1n) is 7.90. The van der Waals surface area contributed by atoms with E-state index in [9.17, 15) is 20.5 Å². The van der Waals surface area contributed by atoms with Gasteiger partial charge in [0.05, 0.1) is 22.4 Å². The summed E-state index contributed by atoms with van der Waals surface area (Å²) in [7, 11) is 0. The van der Waals surface area contributed by atoms with Crippen molar-refractivity contribution in [2.24, 2.45) is 0 Å². The highest BCUT2D eigenvalue weighted by Gasteiger charge is 2.19. The predicted molar refractivity (Wildman–Crippen MR) is 97.8 cm³/mol. The normalized spacial score (nSPS) is 10.6. The fourth-order valence-corrected chi connectivity index (χ4v) is 2.95. The molecule has 0 aliphatic carbocycles. The van der Waals surface area contributed by atoms with E-state index in [1.54, 1.807) is 30.5 Å². The number of nitro benzene ring substituents is 1. The van der Waals surface area contributed by atoms with Crippen molar-refractivity contribution >= 4 is 16.7 Å². The number of rotatable bonds is 3. The van der Waals surface area contributed by atoms with Gasteiger partial charge in [0.15, 0.2) is 5.65 Å². The molecule has 27 heavy (non-hydrogen) atoms. The van der Waals surface area contributed by atoms with Crippen molar-refractivity contribution in [3.8, 4) is 34.2 Å². The maximum Gasteiger partial charge on any atom is 0.269 e. The summed E-state index contributed by atoms with van der Waals surface area (Å²) in [5.41, 5.74) is 3.11. The third-order valence-electron chi connectivity index (χ3n) is 4.22. The predicted octanol–water partition coefficient (Wildman–Crippen LogP) is 3.78. The maximum absolute atomic E-state index is 10.9. The summed E-state index contributed by atoms with van der Waals surface area (Å²) in [6.45, 7) is 0.